The molecule has 0 aliphatic rings. The Kier molecular flexibility index (Phi) is 5.05. The maximum atomic E-state index is 12.2. The van der Waals surface area contributed by atoms with Crippen LogP contribution in [0, 0.1) is 0 Å². The summed E-state index contributed by atoms with van der Waals surface area (Å²) in [5.74, 6) is -1.61. The molecule has 1 rings (SSSR count). The third kappa shape index (κ3) is 3.80. The van der Waals surface area contributed by atoms with Crippen molar-refractivity contribution in [1.82, 2.24) is 9.88 Å². The first-order valence-corrected chi connectivity index (χ1v) is 5.70. The third-order valence-corrected chi connectivity index (χ3v) is 2.17. The highest BCUT2D eigenvalue weighted by atomic mass is 16.5. The van der Waals surface area contributed by atoms with Crippen LogP contribution in [0.5, 0.6) is 5.75 Å². The molecule has 0 bridgehead atoms. The van der Waals surface area contributed by atoms with E-state index in [0.717, 1.165) is 6.20 Å². The fraction of sp³-hybridized carbons (Fsp3) is 0.308. The highest BCUT2D eigenvalue weighted by Crippen LogP contribution is 2.19. The van der Waals surface area contributed by atoms with E-state index in [-0.39, 0.29) is 23.5 Å². The molecule has 0 aliphatic carbocycles. The maximum Gasteiger partial charge on any atom is 0.343 e. The van der Waals surface area contributed by atoms with Crippen molar-refractivity contribution in [3.63, 3.8) is 0 Å². The van der Waals surface area contributed by atoms with Gasteiger partial charge in [-0.3, -0.25) is 9.78 Å². The van der Waals surface area contributed by atoms with Gasteiger partial charge < -0.3 is 14.7 Å². The Bertz CT molecular complexity index is 509. The van der Waals surface area contributed by atoms with Gasteiger partial charge in [0.05, 0.1) is 18.4 Å². The lowest BCUT2D eigenvalue weighted by Gasteiger charge is -2.11. The number of hydrogen-bond acceptors (Lipinski definition) is 6. The van der Waals surface area contributed by atoms with Crippen molar-refractivity contribution in [3.8, 4) is 5.75 Å². The number of Topliss-reactive ketones (excluding diaryl/α,β-unsaturated/α-hetero) is 1. The number of esters is 1. The molecule has 0 radical (unpaired) electrons. The zero-order valence-corrected chi connectivity index (χ0v) is 11.1. The standard InChI is InChI=1S/C13H16N2O4/c1-4-19-13(18)10(8-15(2)3)12(17)9-5-6-14-7-11(9)16/h5-8,16H,4H2,1-3H3/b10-8-. The van der Waals surface area contributed by atoms with Gasteiger partial charge in [0.1, 0.15) is 11.3 Å². The van der Waals surface area contributed by atoms with Crippen LogP contribution in [0.15, 0.2) is 30.2 Å². The van der Waals surface area contributed by atoms with E-state index in [4.69, 9.17) is 4.74 Å². The maximum absolute atomic E-state index is 12.2. The lowest BCUT2D eigenvalue weighted by Crippen LogP contribution is -2.19. The summed E-state index contributed by atoms with van der Waals surface area (Å²) in [5.41, 5.74) is -0.135. The molecule has 6 heteroatoms. The minimum Gasteiger partial charge on any atom is -0.506 e. The number of nitrogens with zero attached hydrogens (tertiary/aromatic N) is 2. The second-order valence-corrected chi connectivity index (χ2v) is 3.95. The van der Waals surface area contributed by atoms with E-state index in [2.05, 4.69) is 4.98 Å². The van der Waals surface area contributed by atoms with Gasteiger partial charge in [-0.2, -0.15) is 0 Å². The van der Waals surface area contributed by atoms with Gasteiger partial charge in [0.25, 0.3) is 0 Å². The van der Waals surface area contributed by atoms with Gasteiger partial charge in [0.2, 0.25) is 5.78 Å². The molecule has 6 nitrogen and oxygen atoms in total. The Morgan fingerprint density at radius 2 is 2.16 bits per heavy atom. The van der Waals surface area contributed by atoms with E-state index >= 15 is 0 Å². The molecule has 19 heavy (non-hydrogen) atoms. The van der Waals surface area contributed by atoms with Gasteiger partial charge in [0, 0.05) is 26.5 Å². The molecular formula is C13H16N2O4. The van der Waals surface area contributed by atoms with E-state index in [0.29, 0.717) is 0 Å². The Balaban J connectivity index is 3.16. The summed E-state index contributed by atoms with van der Waals surface area (Å²) in [6.45, 7) is 1.82. The first-order valence-electron chi connectivity index (χ1n) is 5.70. The highest BCUT2D eigenvalue weighted by molar-refractivity contribution is 6.24. The van der Waals surface area contributed by atoms with Crippen LogP contribution in [-0.2, 0) is 9.53 Å². The van der Waals surface area contributed by atoms with E-state index in [1.165, 1.54) is 18.5 Å². The number of ether oxygens (including phenoxy) is 1. The lowest BCUT2D eigenvalue weighted by molar-refractivity contribution is -0.138. The molecule has 1 N–H and O–H groups in total. The molecule has 0 amide bonds. The zero-order valence-electron chi connectivity index (χ0n) is 11.1. The second kappa shape index (κ2) is 6.53. The highest BCUT2D eigenvalue weighted by Gasteiger charge is 2.23. The van der Waals surface area contributed by atoms with Crippen LogP contribution < -0.4 is 0 Å². The Hall–Kier alpha value is -2.37. The van der Waals surface area contributed by atoms with Gasteiger partial charge >= 0.3 is 5.97 Å². The minimum atomic E-state index is -0.725. The molecule has 1 aromatic rings. The van der Waals surface area contributed by atoms with E-state index in [1.807, 2.05) is 0 Å². The molecule has 0 saturated heterocycles. The molecule has 1 aromatic heterocycles. The summed E-state index contributed by atoms with van der Waals surface area (Å²) >= 11 is 0. The van der Waals surface area contributed by atoms with Crippen LogP contribution in [0.2, 0.25) is 0 Å². The SMILES string of the molecule is CCOC(=O)/C(=C\N(C)C)C(=O)c1ccncc1O. The van der Waals surface area contributed by atoms with E-state index in [9.17, 15) is 14.7 Å². The van der Waals surface area contributed by atoms with Crippen LogP contribution in [0.25, 0.3) is 0 Å². The lowest BCUT2D eigenvalue weighted by atomic mass is 10.0. The summed E-state index contributed by atoms with van der Waals surface area (Å²) in [6.07, 6.45) is 3.87. The number of pyridine rings is 1. The van der Waals surface area contributed by atoms with Crippen LogP contribution in [0.4, 0.5) is 0 Å². The van der Waals surface area contributed by atoms with E-state index < -0.39 is 11.8 Å². The van der Waals surface area contributed by atoms with Gasteiger partial charge in [-0.15, -0.1) is 0 Å². The largest absolute Gasteiger partial charge is 0.506 e. The predicted octanol–water partition coefficient (Wildman–Crippen LogP) is 0.978. The number of rotatable bonds is 5. The second-order valence-electron chi connectivity index (χ2n) is 3.95. The Morgan fingerprint density at radius 3 is 2.68 bits per heavy atom. The van der Waals surface area contributed by atoms with Crippen molar-refractivity contribution in [2.24, 2.45) is 0 Å². The molecule has 0 unspecified atom stereocenters. The fourth-order valence-corrected chi connectivity index (χ4v) is 1.39. The number of hydrogen-bond donors (Lipinski definition) is 1. The fourth-order valence-electron chi connectivity index (χ4n) is 1.39. The molecule has 0 aliphatic heterocycles. The topological polar surface area (TPSA) is 79.7 Å². The van der Waals surface area contributed by atoms with Crippen LogP contribution >= 0.6 is 0 Å². The first kappa shape index (κ1) is 14.7. The number of carbonyl (C=O) groups excluding carboxylic acids is 2. The van der Waals surface area contributed by atoms with Crippen molar-refractivity contribution >= 4 is 11.8 Å². The van der Waals surface area contributed by atoms with Crippen molar-refractivity contribution in [2.45, 2.75) is 6.92 Å². The molecule has 102 valence electrons. The average Bonchev–Trinajstić information content (AvgIpc) is 2.36. The first-order chi connectivity index (χ1) is 8.97. The van der Waals surface area contributed by atoms with E-state index in [1.54, 1.807) is 25.9 Å². The van der Waals surface area contributed by atoms with Crippen LogP contribution in [0.1, 0.15) is 17.3 Å². The molecule has 1 heterocycles. The van der Waals surface area contributed by atoms with Crippen molar-refractivity contribution in [1.29, 1.82) is 0 Å². The van der Waals surface area contributed by atoms with Crippen molar-refractivity contribution in [3.05, 3.63) is 35.8 Å². The Labute approximate surface area is 111 Å². The summed E-state index contributed by atoms with van der Waals surface area (Å²) in [6, 6.07) is 1.35. The summed E-state index contributed by atoms with van der Waals surface area (Å²) in [4.78, 5) is 29.2. The molecular weight excluding hydrogens is 248 g/mol. The molecule has 0 saturated carbocycles. The Morgan fingerprint density at radius 1 is 1.47 bits per heavy atom. The van der Waals surface area contributed by atoms with Crippen LogP contribution in [0.3, 0.4) is 0 Å². The van der Waals surface area contributed by atoms with Gasteiger partial charge in [0.15, 0.2) is 0 Å². The number of carbonyl (C=O) groups is 2. The average molecular weight is 264 g/mol. The van der Waals surface area contributed by atoms with Gasteiger partial charge in [-0.1, -0.05) is 0 Å². The third-order valence-electron chi connectivity index (χ3n) is 2.17. The monoisotopic (exact) mass is 264 g/mol. The quantitative estimate of drug-likeness (QED) is 0.281. The smallest absolute Gasteiger partial charge is 0.343 e. The number of aromatic hydroxyl groups is 1. The predicted molar refractivity (Wildman–Crippen MR) is 68.6 cm³/mol. The van der Waals surface area contributed by atoms with Crippen LogP contribution in [-0.4, -0.2) is 47.4 Å². The number of aromatic nitrogens is 1. The normalized spacial score (nSPS) is 11.0. The van der Waals surface area contributed by atoms with Crippen molar-refractivity contribution in [2.75, 3.05) is 20.7 Å². The molecule has 0 fully saturated rings. The molecule has 0 atom stereocenters. The summed E-state index contributed by atoms with van der Waals surface area (Å²) < 4.78 is 4.84. The summed E-state index contributed by atoms with van der Waals surface area (Å²) in [5, 5.41) is 9.60. The minimum absolute atomic E-state index is 0.0103. The van der Waals surface area contributed by atoms with Gasteiger partial charge in [-0.05, 0) is 13.0 Å². The zero-order chi connectivity index (χ0) is 14.4. The number of ketones is 1. The molecule has 0 spiro atoms. The van der Waals surface area contributed by atoms with Crippen molar-refractivity contribution < 1.29 is 19.4 Å². The molecule has 0 aromatic carbocycles. The summed E-state index contributed by atoms with van der Waals surface area (Å²) in [7, 11) is 3.36. The van der Waals surface area contributed by atoms with Gasteiger partial charge in [-0.25, -0.2) is 4.79 Å².